The standard InChI is InChI=1S/C22H17F2NO3/c1-27-20-12-14(6-9-19(20)28-22(23)24)21(26)25-16-7-8-18-15(11-16)10-13-4-2-3-5-17(13)18/h2-9,11-12,22H,10H2,1H3,(H,25,26). The van der Waals surface area contributed by atoms with Crippen LogP contribution in [0, 0.1) is 0 Å². The Hall–Kier alpha value is -3.41. The molecule has 0 bridgehead atoms. The number of methoxy groups -OCH3 is 1. The van der Waals surface area contributed by atoms with Crippen molar-refractivity contribution in [3.05, 3.63) is 77.4 Å². The zero-order valence-corrected chi connectivity index (χ0v) is 15.0. The van der Waals surface area contributed by atoms with Gasteiger partial charge in [0.2, 0.25) is 0 Å². The van der Waals surface area contributed by atoms with Crippen molar-refractivity contribution in [1.82, 2.24) is 0 Å². The van der Waals surface area contributed by atoms with Crippen LogP contribution in [0.25, 0.3) is 11.1 Å². The molecule has 0 unspecified atom stereocenters. The van der Waals surface area contributed by atoms with E-state index in [-0.39, 0.29) is 23.0 Å². The first-order valence-electron chi connectivity index (χ1n) is 8.70. The van der Waals surface area contributed by atoms with Crippen molar-refractivity contribution in [3.8, 4) is 22.6 Å². The molecule has 3 aromatic carbocycles. The van der Waals surface area contributed by atoms with E-state index in [1.54, 1.807) is 0 Å². The van der Waals surface area contributed by atoms with Gasteiger partial charge in [0, 0.05) is 11.3 Å². The van der Waals surface area contributed by atoms with Gasteiger partial charge in [-0.2, -0.15) is 8.78 Å². The molecule has 3 aromatic rings. The lowest BCUT2D eigenvalue weighted by atomic mass is 10.1. The molecule has 0 atom stereocenters. The summed E-state index contributed by atoms with van der Waals surface area (Å²) in [4.78, 5) is 12.6. The molecule has 142 valence electrons. The quantitative estimate of drug-likeness (QED) is 0.522. The zero-order chi connectivity index (χ0) is 19.7. The highest BCUT2D eigenvalue weighted by molar-refractivity contribution is 6.05. The van der Waals surface area contributed by atoms with E-state index in [2.05, 4.69) is 22.2 Å². The van der Waals surface area contributed by atoms with Gasteiger partial charge in [-0.25, -0.2) is 0 Å². The maximum atomic E-state index is 12.6. The lowest BCUT2D eigenvalue weighted by molar-refractivity contribution is -0.0512. The number of nitrogens with one attached hydrogen (secondary N) is 1. The molecule has 4 rings (SSSR count). The molecule has 28 heavy (non-hydrogen) atoms. The average Bonchev–Trinajstić information content (AvgIpc) is 3.05. The Morgan fingerprint density at radius 3 is 2.54 bits per heavy atom. The number of halogens is 2. The summed E-state index contributed by atoms with van der Waals surface area (Å²) in [5.41, 5.74) is 5.75. The van der Waals surface area contributed by atoms with Gasteiger partial charge in [-0.1, -0.05) is 30.3 Å². The summed E-state index contributed by atoms with van der Waals surface area (Å²) in [7, 11) is 1.33. The van der Waals surface area contributed by atoms with Crippen LogP contribution in [0.3, 0.4) is 0 Å². The van der Waals surface area contributed by atoms with Crippen LogP contribution in [-0.4, -0.2) is 19.6 Å². The lowest BCUT2D eigenvalue weighted by Gasteiger charge is -2.12. The number of fused-ring (bicyclic) bond motifs is 3. The van der Waals surface area contributed by atoms with Crippen molar-refractivity contribution in [2.45, 2.75) is 13.0 Å². The van der Waals surface area contributed by atoms with E-state index in [4.69, 9.17) is 4.74 Å². The Bertz CT molecular complexity index is 1050. The number of carbonyl (C=O) groups is 1. The second kappa shape index (κ2) is 7.31. The second-order valence-corrected chi connectivity index (χ2v) is 6.40. The van der Waals surface area contributed by atoms with Crippen LogP contribution >= 0.6 is 0 Å². The first-order chi connectivity index (χ1) is 13.5. The van der Waals surface area contributed by atoms with Crippen LogP contribution in [0.2, 0.25) is 0 Å². The molecular formula is C22H17F2NO3. The Labute approximate surface area is 160 Å². The van der Waals surface area contributed by atoms with Crippen LogP contribution in [0.15, 0.2) is 60.7 Å². The minimum Gasteiger partial charge on any atom is -0.493 e. The van der Waals surface area contributed by atoms with Crippen LogP contribution in [0.1, 0.15) is 21.5 Å². The molecular weight excluding hydrogens is 364 g/mol. The molecule has 0 aromatic heterocycles. The monoisotopic (exact) mass is 381 g/mol. The summed E-state index contributed by atoms with van der Waals surface area (Å²) < 4.78 is 34.3. The first kappa shape index (κ1) is 18.0. The number of benzene rings is 3. The topological polar surface area (TPSA) is 47.6 Å². The van der Waals surface area contributed by atoms with Gasteiger partial charge in [0.15, 0.2) is 11.5 Å². The van der Waals surface area contributed by atoms with Gasteiger partial charge in [0.1, 0.15) is 0 Å². The van der Waals surface area contributed by atoms with E-state index in [1.807, 2.05) is 30.3 Å². The Kier molecular flexibility index (Phi) is 4.69. The average molecular weight is 381 g/mol. The molecule has 6 heteroatoms. The lowest BCUT2D eigenvalue weighted by Crippen LogP contribution is -2.12. The molecule has 1 N–H and O–H groups in total. The second-order valence-electron chi connectivity index (χ2n) is 6.40. The van der Waals surface area contributed by atoms with E-state index in [9.17, 15) is 13.6 Å². The van der Waals surface area contributed by atoms with Gasteiger partial charge >= 0.3 is 6.61 Å². The summed E-state index contributed by atoms with van der Waals surface area (Å²) in [5.74, 6) is -0.418. The van der Waals surface area contributed by atoms with Crippen molar-refractivity contribution in [3.63, 3.8) is 0 Å². The predicted molar refractivity (Wildman–Crippen MR) is 102 cm³/mol. The number of hydrogen-bond acceptors (Lipinski definition) is 3. The minimum atomic E-state index is -2.97. The molecule has 0 spiro atoms. The summed E-state index contributed by atoms with van der Waals surface area (Å²) >= 11 is 0. The highest BCUT2D eigenvalue weighted by Crippen LogP contribution is 2.37. The maximum Gasteiger partial charge on any atom is 0.387 e. The third-order valence-corrected chi connectivity index (χ3v) is 4.69. The first-order valence-corrected chi connectivity index (χ1v) is 8.70. The van der Waals surface area contributed by atoms with E-state index in [0.29, 0.717) is 5.69 Å². The van der Waals surface area contributed by atoms with E-state index in [1.165, 1.54) is 42.0 Å². The highest BCUT2D eigenvalue weighted by Gasteiger charge is 2.19. The molecule has 0 saturated heterocycles. The number of amides is 1. The van der Waals surface area contributed by atoms with Crippen LogP contribution in [-0.2, 0) is 6.42 Å². The molecule has 0 heterocycles. The van der Waals surface area contributed by atoms with Crippen LogP contribution < -0.4 is 14.8 Å². The summed E-state index contributed by atoms with van der Waals surface area (Å²) in [6, 6.07) is 18.1. The summed E-state index contributed by atoms with van der Waals surface area (Å²) in [5, 5.41) is 2.84. The fourth-order valence-corrected chi connectivity index (χ4v) is 3.43. The van der Waals surface area contributed by atoms with E-state index in [0.717, 1.165) is 12.0 Å². The van der Waals surface area contributed by atoms with Gasteiger partial charge in [0.05, 0.1) is 7.11 Å². The Balaban J connectivity index is 1.54. The zero-order valence-electron chi connectivity index (χ0n) is 15.0. The molecule has 1 aliphatic carbocycles. The van der Waals surface area contributed by atoms with Gasteiger partial charge in [-0.3, -0.25) is 4.79 Å². The van der Waals surface area contributed by atoms with Crippen molar-refractivity contribution < 1.29 is 23.0 Å². The van der Waals surface area contributed by atoms with Gasteiger partial charge in [0.25, 0.3) is 5.91 Å². The molecule has 0 fully saturated rings. The van der Waals surface area contributed by atoms with Crippen molar-refractivity contribution in [2.75, 3.05) is 12.4 Å². The number of rotatable bonds is 5. The third kappa shape index (κ3) is 3.41. The molecule has 0 saturated carbocycles. The maximum absolute atomic E-state index is 12.6. The van der Waals surface area contributed by atoms with Gasteiger partial charge in [-0.15, -0.1) is 0 Å². The number of carbonyl (C=O) groups excluding carboxylic acids is 1. The predicted octanol–water partition coefficient (Wildman–Crippen LogP) is 5.12. The fourth-order valence-electron chi connectivity index (χ4n) is 3.43. The number of hydrogen-bond donors (Lipinski definition) is 1. The van der Waals surface area contributed by atoms with Crippen molar-refractivity contribution in [2.24, 2.45) is 0 Å². The number of anilines is 1. The molecule has 0 aliphatic heterocycles. The molecule has 4 nitrogen and oxygen atoms in total. The minimum absolute atomic E-state index is 0.0670. The number of alkyl halides is 2. The van der Waals surface area contributed by atoms with E-state index < -0.39 is 6.61 Å². The van der Waals surface area contributed by atoms with Crippen LogP contribution in [0.4, 0.5) is 14.5 Å². The third-order valence-electron chi connectivity index (χ3n) is 4.69. The largest absolute Gasteiger partial charge is 0.493 e. The van der Waals surface area contributed by atoms with E-state index >= 15 is 0 Å². The van der Waals surface area contributed by atoms with Gasteiger partial charge in [-0.05, 0) is 59.0 Å². The molecule has 1 aliphatic rings. The number of ether oxygens (including phenoxy) is 2. The fraction of sp³-hybridized carbons (Fsp3) is 0.136. The Morgan fingerprint density at radius 1 is 0.964 bits per heavy atom. The normalized spacial score (nSPS) is 11.7. The molecule has 0 radical (unpaired) electrons. The highest BCUT2D eigenvalue weighted by atomic mass is 19.3. The SMILES string of the molecule is COc1cc(C(=O)Nc2ccc3c(c2)Cc2ccccc2-3)ccc1OC(F)F. The summed E-state index contributed by atoms with van der Waals surface area (Å²) in [6.45, 7) is -2.97. The summed E-state index contributed by atoms with van der Waals surface area (Å²) in [6.07, 6.45) is 0.822. The van der Waals surface area contributed by atoms with Crippen molar-refractivity contribution >= 4 is 11.6 Å². The van der Waals surface area contributed by atoms with Gasteiger partial charge < -0.3 is 14.8 Å². The molecule has 1 amide bonds. The smallest absolute Gasteiger partial charge is 0.387 e. The Morgan fingerprint density at radius 2 is 1.75 bits per heavy atom. The van der Waals surface area contributed by atoms with Crippen LogP contribution in [0.5, 0.6) is 11.5 Å². The van der Waals surface area contributed by atoms with Crippen molar-refractivity contribution in [1.29, 1.82) is 0 Å².